The van der Waals surface area contributed by atoms with Crippen molar-refractivity contribution in [3.8, 4) is 16.9 Å². The highest BCUT2D eigenvalue weighted by atomic mass is 16.6. The van der Waals surface area contributed by atoms with E-state index in [-0.39, 0.29) is 12.2 Å². The number of aromatic nitrogens is 3. The van der Waals surface area contributed by atoms with E-state index in [1.54, 1.807) is 29.3 Å². The first-order valence-corrected chi connectivity index (χ1v) is 8.15. The van der Waals surface area contributed by atoms with Crippen LogP contribution < -0.4 is 0 Å². The van der Waals surface area contributed by atoms with Gasteiger partial charge in [0.2, 0.25) is 6.10 Å². The van der Waals surface area contributed by atoms with Gasteiger partial charge in [0, 0.05) is 30.6 Å². The van der Waals surface area contributed by atoms with Gasteiger partial charge in [0.05, 0.1) is 12.3 Å². The Morgan fingerprint density at radius 3 is 2.73 bits per heavy atom. The number of ether oxygens (including phenoxy) is 2. The normalized spacial score (nSPS) is 16.3. The van der Waals surface area contributed by atoms with Gasteiger partial charge in [-0.3, -0.25) is 4.98 Å². The monoisotopic (exact) mass is 349 g/mol. The van der Waals surface area contributed by atoms with Gasteiger partial charge in [-0.25, -0.2) is 14.3 Å². The zero-order valence-corrected chi connectivity index (χ0v) is 13.7. The van der Waals surface area contributed by atoms with E-state index in [0.717, 1.165) is 5.69 Å². The number of benzene rings is 1. The second kappa shape index (κ2) is 6.79. The van der Waals surface area contributed by atoms with E-state index in [4.69, 9.17) is 9.47 Å². The molecule has 0 unspecified atom stereocenters. The highest BCUT2D eigenvalue weighted by Crippen LogP contribution is 2.25. The molecule has 7 heteroatoms. The van der Waals surface area contributed by atoms with Crippen molar-refractivity contribution in [2.75, 3.05) is 6.61 Å². The van der Waals surface area contributed by atoms with Crippen molar-refractivity contribution in [1.29, 1.82) is 0 Å². The van der Waals surface area contributed by atoms with E-state index in [1.165, 1.54) is 0 Å². The number of pyridine rings is 1. The number of hydrogen-bond acceptors (Lipinski definition) is 6. The lowest BCUT2D eigenvalue weighted by atomic mass is 10.1. The molecule has 130 valence electrons. The Balaban J connectivity index is 1.73. The average Bonchev–Trinajstić information content (AvgIpc) is 3.30. The number of hydrogen-bond donors (Lipinski definition) is 0. The summed E-state index contributed by atoms with van der Waals surface area (Å²) in [7, 11) is 0. The maximum atomic E-state index is 12.7. The minimum atomic E-state index is -0.871. The van der Waals surface area contributed by atoms with Gasteiger partial charge in [0.15, 0.2) is 0 Å². The van der Waals surface area contributed by atoms with Crippen molar-refractivity contribution >= 4 is 11.9 Å². The van der Waals surface area contributed by atoms with E-state index in [1.807, 2.05) is 36.4 Å². The molecule has 7 nitrogen and oxygen atoms in total. The van der Waals surface area contributed by atoms with Crippen molar-refractivity contribution in [3.63, 3.8) is 0 Å². The lowest BCUT2D eigenvalue weighted by Crippen LogP contribution is -2.22. The first-order valence-electron chi connectivity index (χ1n) is 8.15. The summed E-state index contributed by atoms with van der Waals surface area (Å²) < 4.78 is 11.8. The third-order valence-electron chi connectivity index (χ3n) is 4.03. The van der Waals surface area contributed by atoms with Crippen LogP contribution in [0.2, 0.25) is 0 Å². The highest BCUT2D eigenvalue weighted by Gasteiger charge is 2.32. The van der Waals surface area contributed by atoms with Crippen LogP contribution in [0.4, 0.5) is 0 Å². The fourth-order valence-corrected chi connectivity index (χ4v) is 2.73. The Morgan fingerprint density at radius 2 is 2.04 bits per heavy atom. The minimum Gasteiger partial charge on any atom is -0.463 e. The molecule has 1 aliphatic rings. The summed E-state index contributed by atoms with van der Waals surface area (Å²) in [6.45, 7) is 0.259. The molecule has 1 saturated heterocycles. The van der Waals surface area contributed by atoms with Crippen LogP contribution >= 0.6 is 0 Å². The highest BCUT2D eigenvalue weighted by molar-refractivity contribution is 5.97. The molecule has 0 saturated carbocycles. The third kappa shape index (κ3) is 3.06. The van der Waals surface area contributed by atoms with Crippen molar-refractivity contribution in [2.45, 2.75) is 12.5 Å². The molecule has 0 aliphatic carbocycles. The van der Waals surface area contributed by atoms with Crippen LogP contribution in [-0.4, -0.2) is 39.4 Å². The molecule has 0 N–H and O–H groups in total. The van der Waals surface area contributed by atoms with Gasteiger partial charge in [-0.1, -0.05) is 18.2 Å². The summed E-state index contributed by atoms with van der Waals surface area (Å²) in [4.78, 5) is 28.4. The Kier molecular flexibility index (Phi) is 4.18. The van der Waals surface area contributed by atoms with E-state index in [9.17, 15) is 9.59 Å². The van der Waals surface area contributed by atoms with Crippen LogP contribution in [0.25, 0.3) is 16.9 Å². The second-order valence-corrected chi connectivity index (χ2v) is 5.76. The maximum Gasteiger partial charge on any atom is 0.347 e. The smallest absolute Gasteiger partial charge is 0.347 e. The first-order chi connectivity index (χ1) is 12.7. The molecule has 1 fully saturated rings. The van der Waals surface area contributed by atoms with Gasteiger partial charge in [0.25, 0.3) is 0 Å². The molecule has 3 aromatic rings. The molecule has 0 bridgehead atoms. The van der Waals surface area contributed by atoms with E-state index in [2.05, 4.69) is 10.1 Å². The molecule has 0 radical (unpaired) electrons. The molecule has 4 rings (SSSR count). The van der Waals surface area contributed by atoms with Crippen molar-refractivity contribution in [3.05, 3.63) is 66.6 Å². The number of carbonyl (C=O) groups excluding carboxylic acids is 2. The first kappa shape index (κ1) is 16.0. The van der Waals surface area contributed by atoms with Crippen molar-refractivity contribution in [1.82, 2.24) is 14.8 Å². The molecule has 1 aromatic carbocycles. The fraction of sp³-hybridized carbons (Fsp3) is 0.158. The van der Waals surface area contributed by atoms with Gasteiger partial charge in [-0.05, 0) is 24.3 Å². The third-order valence-corrected chi connectivity index (χ3v) is 4.03. The number of esters is 2. The Hall–Kier alpha value is -3.48. The summed E-state index contributed by atoms with van der Waals surface area (Å²) in [5.41, 5.74) is 2.19. The fourth-order valence-electron chi connectivity index (χ4n) is 2.73. The topological polar surface area (TPSA) is 83.3 Å². The Bertz CT molecular complexity index is 938. The number of cyclic esters (lactones) is 1. The summed E-state index contributed by atoms with van der Waals surface area (Å²) in [6, 6.07) is 13.0. The maximum absolute atomic E-state index is 12.7. The van der Waals surface area contributed by atoms with Crippen LogP contribution in [0, 0.1) is 0 Å². The van der Waals surface area contributed by atoms with E-state index in [0.29, 0.717) is 17.7 Å². The van der Waals surface area contributed by atoms with Gasteiger partial charge in [-0.2, -0.15) is 5.10 Å². The number of para-hydroxylation sites is 1. The molecule has 3 heterocycles. The summed E-state index contributed by atoms with van der Waals surface area (Å²) >= 11 is 0. The molecule has 2 aromatic heterocycles. The molecule has 0 spiro atoms. The predicted molar refractivity (Wildman–Crippen MR) is 91.6 cm³/mol. The molecule has 1 atom stereocenters. The van der Waals surface area contributed by atoms with Crippen LogP contribution in [0.5, 0.6) is 0 Å². The molecule has 1 aliphatic heterocycles. The van der Waals surface area contributed by atoms with Gasteiger partial charge >= 0.3 is 11.9 Å². The number of nitrogens with zero attached hydrogens (tertiary/aromatic N) is 3. The summed E-state index contributed by atoms with van der Waals surface area (Å²) in [6.07, 6.45) is 4.35. The number of carbonyl (C=O) groups is 2. The average molecular weight is 349 g/mol. The van der Waals surface area contributed by atoms with Crippen molar-refractivity contribution in [2.24, 2.45) is 0 Å². The summed E-state index contributed by atoms with van der Waals surface area (Å²) in [5.74, 6) is -1.13. The summed E-state index contributed by atoms with van der Waals surface area (Å²) in [5, 5.41) is 4.53. The van der Waals surface area contributed by atoms with Gasteiger partial charge in [0.1, 0.15) is 11.3 Å². The minimum absolute atomic E-state index is 0.259. The SMILES string of the molecule is O=C(O[C@H]1CCOC1=O)c1cn(-c2ccccc2)nc1-c1cccnc1. The standard InChI is InChI=1S/C19H15N3O4/c23-18(26-16-8-10-25-19(16)24)15-12-22(14-6-2-1-3-7-14)21-17(15)13-5-4-9-20-11-13/h1-7,9,11-12,16H,8,10H2/t16-/m0/s1. The van der Waals surface area contributed by atoms with Crippen LogP contribution in [0.1, 0.15) is 16.8 Å². The Morgan fingerprint density at radius 1 is 1.19 bits per heavy atom. The van der Waals surface area contributed by atoms with Gasteiger partial charge in [-0.15, -0.1) is 0 Å². The molecule has 0 amide bonds. The largest absolute Gasteiger partial charge is 0.463 e. The van der Waals surface area contributed by atoms with Crippen molar-refractivity contribution < 1.29 is 19.1 Å². The zero-order valence-electron chi connectivity index (χ0n) is 13.7. The Labute approximate surface area is 149 Å². The zero-order chi connectivity index (χ0) is 17.9. The lowest BCUT2D eigenvalue weighted by molar-refractivity contribution is -0.145. The van der Waals surface area contributed by atoms with Crippen LogP contribution in [-0.2, 0) is 14.3 Å². The van der Waals surface area contributed by atoms with Crippen LogP contribution in [0.3, 0.4) is 0 Å². The molecular formula is C19H15N3O4. The van der Waals surface area contributed by atoms with Gasteiger partial charge < -0.3 is 9.47 Å². The predicted octanol–water partition coefficient (Wildman–Crippen LogP) is 2.41. The quantitative estimate of drug-likeness (QED) is 0.673. The number of rotatable bonds is 4. The second-order valence-electron chi connectivity index (χ2n) is 5.76. The lowest BCUT2D eigenvalue weighted by Gasteiger charge is -2.08. The molecule has 26 heavy (non-hydrogen) atoms. The van der Waals surface area contributed by atoms with E-state index >= 15 is 0 Å². The van der Waals surface area contributed by atoms with E-state index < -0.39 is 18.0 Å². The molecular weight excluding hydrogens is 334 g/mol. The van der Waals surface area contributed by atoms with Crippen LogP contribution in [0.15, 0.2) is 61.1 Å².